The standard InChI is InChI=1S/C17H20N2O2/c1-18-10-12-8-9-19(11-12)17(21)15-7-6-13-4-2-3-5-14(13)16(15)20/h2-7,12,18,20H,8-11H2,1H3. The minimum absolute atomic E-state index is 0.0724. The van der Waals surface area contributed by atoms with Gasteiger partial charge in [0.1, 0.15) is 5.75 Å². The van der Waals surface area contributed by atoms with Gasteiger partial charge in [0.2, 0.25) is 0 Å². The van der Waals surface area contributed by atoms with Gasteiger partial charge in [0, 0.05) is 18.5 Å². The van der Waals surface area contributed by atoms with Crippen molar-refractivity contribution in [1.82, 2.24) is 10.2 Å². The van der Waals surface area contributed by atoms with Gasteiger partial charge in [-0.1, -0.05) is 30.3 Å². The third kappa shape index (κ3) is 2.59. The van der Waals surface area contributed by atoms with Crippen LogP contribution in [0.2, 0.25) is 0 Å². The molecular weight excluding hydrogens is 264 g/mol. The van der Waals surface area contributed by atoms with Gasteiger partial charge in [0.15, 0.2) is 0 Å². The summed E-state index contributed by atoms with van der Waals surface area (Å²) in [5, 5.41) is 15.2. The van der Waals surface area contributed by atoms with Gasteiger partial charge < -0.3 is 15.3 Å². The molecule has 4 nitrogen and oxygen atoms in total. The van der Waals surface area contributed by atoms with Crippen molar-refractivity contribution < 1.29 is 9.90 Å². The summed E-state index contributed by atoms with van der Waals surface area (Å²) in [5.41, 5.74) is 0.402. The van der Waals surface area contributed by atoms with E-state index in [4.69, 9.17) is 0 Å². The predicted octanol–water partition coefficient (Wildman–Crippen LogP) is 2.23. The molecule has 21 heavy (non-hydrogen) atoms. The molecule has 2 N–H and O–H groups in total. The molecule has 1 fully saturated rings. The van der Waals surface area contributed by atoms with Gasteiger partial charge >= 0.3 is 0 Å². The van der Waals surface area contributed by atoms with E-state index in [-0.39, 0.29) is 11.7 Å². The molecule has 2 aromatic carbocycles. The zero-order valence-corrected chi connectivity index (χ0v) is 12.2. The van der Waals surface area contributed by atoms with Crippen molar-refractivity contribution in [2.45, 2.75) is 6.42 Å². The molecule has 1 aliphatic rings. The zero-order valence-electron chi connectivity index (χ0n) is 12.2. The normalized spacial score (nSPS) is 18.3. The van der Waals surface area contributed by atoms with Gasteiger partial charge in [-0.15, -0.1) is 0 Å². The van der Waals surface area contributed by atoms with E-state index in [0.717, 1.165) is 36.8 Å². The molecule has 2 aromatic rings. The second-order valence-corrected chi connectivity index (χ2v) is 5.65. The number of aromatic hydroxyl groups is 1. The second kappa shape index (κ2) is 5.74. The van der Waals surface area contributed by atoms with Crippen LogP contribution in [0, 0.1) is 5.92 Å². The summed E-state index contributed by atoms with van der Waals surface area (Å²) in [6.07, 6.45) is 1.01. The number of nitrogens with one attached hydrogen (secondary N) is 1. The highest BCUT2D eigenvalue weighted by molar-refractivity contribution is 6.03. The number of fused-ring (bicyclic) bond motifs is 1. The molecule has 1 aliphatic heterocycles. The average Bonchev–Trinajstić information content (AvgIpc) is 2.96. The minimum atomic E-state index is -0.0724. The molecule has 4 heteroatoms. The molecular formula is C17H20N2O2. The van der Waals surface area contributed by atoms with Crippen LogP contribution in [0.3, 0.4) is 0 Å². The highest BCUT2D eigenvalue weighted by Gasteiger charge is 2.28. The summed E-state index contributed by atoms with van der Waals surface area (Å²) in [4.78, 5) is 14.4. The van der Waals surface area contributed by atoms with Crippen molar-refractivity contribution in [3.05, 3.63) is 42.0 Å². The quantitative estimate of drug-likeness (QED) is 0.908. The van der Waals surface area contributed by atoms with Crippen LogP contribution in [0.25, 0.3) is 10.8 Å². The number of nitrogens with zero attached hydrogens (tertiary/aromatic N) is 1. The third-order valence-corrected chi connectivity index (χ3v) is 4.20. The first-order valence-electron chi connectivity index (χ1n) is 7.35. The molecule has 1 heterocycles. The summed E-state index contributed by atoms with van der Waals surface area (Å²) in [6, 6.07) is 11.2. The molecule has 1 atom stereocenters. The van der Waals surface area contributed by atoms with Crippen molar-refractivity contribution in [3.8, 4) is 5.75 Å². The van der Waals surface area contributed by atoms with Crippen molar-refractivity contribution in [2.24, 2.45) is 5.92 Å². The van der Waals surface area contributed by atoms with E-state index >= 15 is 0 Å². The van der Waals surface area contributed by atoms with Crippen LogP contribution in [0.15, 0.2) is 36.4 Å². The van der Waals surface area contributed by atoms with Crippen molar-refractivity contribution in [3.63, 3.8) is 0 Å². The molecule has 1 amide bonds. The van der Waals surface area contributed by atoms with Gasteiger partial charge in [-0.05, 0) is 37.4 Å². The van der Waals surface area contributed by atoms with E-state index in [1.54, 1.807) is 6.07 Å². The molecule has 0 bridgehead atoms. The van der Waals surface area contributed by atoms with Crippen LogP contribution < -0.4 is 5.32 Å². The summed E-state index contributed by atoms with van der Waals surface area (Å²) in [5.74, 6) is 0.522. The SMILES string of the molecule is CNCC1CCN(C(=O)c2ccc3ccccc3c2O)C1. The maximum atomic E-state index is 12.6. The Balaban J connectivity index is 1.87. The van der Waals surface area contributed by atoms with Crippen LogP contribution in [-0.2, 0) is 0 Å². The molecule has 3 rings (SSSR count). The van der Waals surface area contributed by atoms with Crippen LogP contribution in [0.4, 0.5) is 0 Å². The number of carbonyl (C=O) groups excluding carboxylic acids is 1. The maximum Gasteiger partial charge on any atom is 0.257 e. The van der Waals surface area contributed by atoms with Crippen LogP contribution >= 0.6 is 0 Å². The largest absolute Gasteiger partial charge is 0.506 e. The Morgan fingerprint density at radius 1 is 1.33 bits per heavy atom. The van der Waals surface area contributed by atoms with Gasteiger partial charge in [0.05, 0.1) is 5.56 Å². The number of likely N-dealkylation sites (tertiary alicyclic amines) is 1. The molecule has 110 valence electrons. The van der Waals surface area contributed by atoms with Gasteiger partial charge in [-0.25, -0.2) is 0 Å². The Morgan fingerprint density at radius 3 is 2.95 bits per heavy atom. The summed E-state index contributed by atoms with van der Waals surface area (Å²) < 4.78 is 0. The van der Waals surface area contributed by atoms with Crippen molar-refractivity contribution in [2.75, 3.05) is 26.7 Å². The molecule has 1 unspecified atom stereocenters. The lowest BCUT2D eigenvalue weighted by atomic mass is 10.0. The summed E-state index contributed by atoms with van der Waals surface area (Å²) in [7, 11) is 1.93. The Labute approximate surface area is 124 Å². The number of amides is 1. The van der Waals surface area contributed by atoms with E-state index in [2.05, 4.69) is 5.32 Å². The van der Waals surface area contributed by atoms with Gasteiger partial charge in [0.25, 0.3) is 5.91 Å². The Bertz CT molecular complexity index is 669. The minimum Gasteiger partial charge on any atom is -0.506 e. The summed E-state index contributed by atoms with van der Waals surface area (Å²) >= 11 is 0. The first-order chi connectivity index (χ1) is 10.2. The lowest BCUT2D eigenvalue weighted by Crippen LogP contribution is -2.30. The van der Waals surface area contributed by atoms with E-state index in [1.807, 2.05) is 42.3 Å². The number of phenols is 1. The second-order valence-electron chi connectivity index (χ2n) is 5.65. The number of hydrogen-bond acceptors (Lipinski definition) is 3. The smallest absolute Gasteiger partial charge is 0.257 e. The van der Waals surface area contributed by atoms with Gasteiger partial charge in [-0.3, -0.25) is 4.79 Å². The molecule has 1 saturated heterocycles. The fraction of sp³-hybridized carbons (Fsp3) is 0.353. The van der Waals surface area contributed by atoms with E-state index < -0.39 is 0 Å². The highest BCUT2D eigenvalue weighted by Crippen LogP contribution is 2.30. The van der Waals surface area contributed by atoms with Crippen LogP contribution in [-0.4, -0.2) is 42.6 Å². The third-order valence-electron chi connectivity index (χ3n) is 4.20. The molecule has 0 aliphatic carbocycles. The lowest BCUT2D eigenvalue weighted by molar-refractivity contribution is 0.0784. The number of hydrogen-bond donors (Lipinski definition) is 2. The Morgan fingerprint density at radius 2 is 2.14 bits per heavy atom. The number of rotatable bonds is 3. The molecule has 0 saturated carbocycles. The number of phenolic OH excluding ortho intramolecular Hbond substituents is 1. The zero-order chi connectivity index (χ0) is 14.8. The van der Waals surface area contributed by atoms with E-state index in [0.29, 0.717) is 11.5 Å². The maximum absolute atomic E-state index is 12.6. The fourth-order valence-electron chi connectivity index (χ4n) is 3.07. The topological polar surface area (TPSA) is 52.6 Å². The average molecular weight is 284 g/mol. The molecule has 0 spiro atoms. The number of carbonyl (C=O) groups is 1. The van der Waals surface area contributed by atoms with E-state index in [9.17, 15) is 9.90 Å². The number of benzene rings is 2. The fourth-order valence-corrected chi connectivity index (χ4v) is 3.07. The first-order valence-corrected chi connectivity index (χ1v) is 7.35. The Kier molecular flexibility index (Phi) is 3.80. The van der Waals surface area contributed by atoms with E-state index in [1.165, 1.54) is 0 Å². The molecule has 0 radical (unpaired) electrons. The van der Waals surface area contributed by atoms with Crippen LogP contribution in [0.1, 0.15) is 16.8 Å². The van der Waals surface area contributed by atoms with Crippen molar-refractivity contribution >= 4 is 16.7 Å². The lowest BCUT2D eigenvalue weighted by Gasteiger charge is -2.18. The molecule has 0 aromatic heterocycles. The Hall–Kier alpha value is -2.07. The van der Waals surface area contributed by atoms with Crippen LogP contribution in [0.5, 0.6) is 5.75 Å². The van der Waals surface area contributed by atoms with Gasteiger partial charge in [-0.2, -0.15) is 0 Å². The summed E-state index contributed by atoms with van der Waals surface area (Å²) in [6.45, 7) is 2.44. The monoisotopic (exact) mass is 284 g/mol. The van der Waals surface area contributed by atoms with Crippen molar-refractivity contribution in [1.29, 1.82) is 0 Å². The first kappa shape index (κ1) is 13.9. The predicted molar refractivity (Wildman–Crippen MR) is 83.6 cm³/mol. The highest BCUT2D eigenvalue weighted by atomic mass is 16.3.